The van der Waals surface area contributed by atoms with Crippen molar-refractivity contribution in [3.63, 3.8) is 0 Å². The molecule has 4 aromatic rings. The van der Waals surface area contributed by atoms with Crippen LogP contribution in [0.15, 0.2) is 65.7 Å². The molecule has 0 aliphatic carbocycles. The van der Waals surface area contributed by atoms with Crippen molar-refractivity contribution in [2.24, 2.45) is 0 Å². The molecule has 33 heavy (non-hydrogen) atoms. The van der Waals surface area contributed by atoms with E-state index in [4.69, 9.17) is 4.74 Å². The third-order valence-corrected chi connectivity index (χ3v) is 5.60. The molecular weight excluding hydrogens is 416 g/mol. The summed E-state index contributed by atoms with van der Waals surface area (Å²) in [7, 11) is 0. The second-order valence-corrected chi connectivity index (χ2v) is 8.34. The minimum atomic E-state index is -0.252. The van der Waals surface area contributed by atoms with Crippen LogP contribution in [-0.2, 0) is 17.9 Å². The number of benzene rings is 2. The highest BCUT2D eigenvalue weighted by atomic mass is 16.5. The van der Waals surface area contributed by atoms with Crippen LogP contribution in [0, 0.1) is 13.8 Å². The molecule has 7 heteroatoms. The summed E-state index contributed by atoms with van der Waals surface area (Å²) in [5.74, 6) is 0.539. The molecule has 170 valence electrons. The molecule has 1 amide bonds. The number of hydrogen-bond donors (Lipinski definition) is 1. The van der Waals surface area contributed by atoms with Crippen LogP contribution in [0.1, 0.15) is 30.7 Å². The summed E-state index contributed by atoms with van der Waals surface area (Å²) in [6.45, 7) is 8.11. The van der Waals surface area contributed by atoms with Crippen molar-refractivity contribution >= 4 is 16.9 Å². The second-order valence-electron chi connectivity index (χ2n) is 8.34. The predicted octanol–water partition coefficient (Wildman–Crippen LogP) is 3.91. The Morgan fingerprint density at radius 3 is 2.42 bits per heavy atom. The normalized spacial score (nSPS) is 11.2. The number of carbonyl (C=O) groups excluding carboxylic acids is 1. The SMILES string of the molecule is Cc1c(C)n(-c2ccccc2)c2ncn(CC(=O)NCc3ccc(OC(C)C)cc3)c(=O)c12. The molecule has 0 unspecified atom stereocenters. The lowest BCUT2D eigenvalue weighted by Gasteiger charge is -2.11. The van der Waals surface area contributed by atoms with Gasteiger partial charge in [0.05, 0.1) is 11.5 Å². The quantitative estimate of drug-likeness (QED) is 0.469. The van der Waals surface area contributed by atoms with Crippen LogP contribution >= 0.6 is 0 Å². The number of para-hydroxylation sites is 1. The van der Waals surface area contributed by atoms with E-state index in [2.05, 4.69) is 10.3 Å². The molecule has 0 aliphatic rings. The van der Waals surface area contributed by atoms with E-state index in [9.17, 15) is 9.59 Å². The van der Waals surface area contributed by atoms with E-state index < -0.39 is 0 Å². The Hall–Kier alpha value is -3.87. The van der Waals surface area contributed by atoms with Crippen molar-refractivity contribution in [1.82, 2.24) is 19.4 Å². The lowest BCUT2D eigenvalue weighted by molar-refractivity contribution is -0.121. The molecule has 1 N–H and O–H groups in total. The highest BCUT2D eigenvalue weighted by Gasteiger charge is 2.18. The number of carbonyl (C=O) groups is 1. The molecule has 0 saturated carbocycles. The molecule has 0 fully saturated rings. The van der Waals surface area contributed by atoms with Gasteiger partial charge in [-0.25, -0.2) is 4.98 Å². The number of aromatic nitrogens is 3. The first-order chi connectivity index (χ1) is 15.8. The van der Waals surface area contributed by atoms with E-state index in [0.717, 1.165) is 28.3 Å². The Bertz CT molecular complexity index is 1340. The molecule has 0 radical (unpaired) electrons. The lowest BCUT2D eigenvalue weighted by Crippen LogP contribution is -2.32. The summed E-state index contributed by atoms with van der Waals surface area (Å²) < 4.78 is 8.97. The highest BCUT2D eigenvalue weighted by molar-refractivity contribution is 5.83. The van der Waals surface area contributed by atoms with Gasteiger partial charge in [0.2, 0.25) is 5.91 Å². The third-order valence-electron chi connectivity index (χ3n) is 5.60. The maximum Gasteiger partial charge on any atom is 0.263 e. The first kappa shape index (κ1) is 22.3. The molecule has 4 rings (SSSR count). The van der Waals surface area contributed by atoms with Gasteiger partial charge in [0, 0.05) is 17.9 Å². The average molecular weight is 445 g/mol. The summed E-state index contributed by atoms with van der Waals surface area (Å²) in [6, 6.07) is 17.4. The van der Waals surface area contributed by atoms with Crippen LogP contribution in [0.4, 0.5) is 0 Å². The number of amides is 1. The Morgan fingerprint density at radius 1 is 1.06 bits per heavy atom. The zero-order valence-electron chi connectivity index (χ0n) is 19.3. The Labute approximate surface area is 192 Å². The number of fused-ring (bicyclic) bond motifs is 1. The fourth-order valence-corrected chi connectivity index (χ4v) is 3.86. The van der Waals surface area contributed by atoms with E-state index in [-0.39, 0.29) is 24.1 Å². The fraction of sp³-hybridized carbons (Fsp3) is 0.269. The first-order valence-corrected chi connectivity index (χ1v) is 11.0. The van der Waals surface area contributed by atoms with Gasteiger partial charge in [-0.3, -0.25) is 18.7 Å². The summed E-state index contributed by atoms with van der Waals surface area (Å²) in [6.07, 6.45) is 1.55. The van der Waals surface area contributed by atoms with Crippen LogP contribution in [0.25, 0.3) is 16.7 Å². The van der Waals surface area contributed by atoms with Crippen molar-refractivity contribution in [2.75, 3.05) is 0 Å². The molecule has 7 nitrogen and oxygen atoms in total. The van der Waals surface area contributed by atoms with Crippen LogP contribution in [0.5, 0.6) is 5.75 Å². The Morgan fingerprint density at radius 2 is 1.76 bits per heavy atom. The molecule has 0 atom stereocenters. The van der Waals surface area contributed by atoms with Gasteiger partial charge < -0.3 is 10.1 Å². The summed E-state index contributed by atoms with van der Waals surface area (Å²) in [5.41, 5.74) is 4.09. The van der Waals surface area contributed by atoms with E-state index in [1.807, 2.05) is 86.9 Å². The molecule has 0 bridgehead atoms. The number of rotatable bonds is 7. The molecule has 2 aromatic carbocycles. The van der Waals surface area contributed by atoms with Gasteiger partial charge in [0.15, 0.2) is 5.65 Å². The number of aryl methyl sites for hydroxylation is 1. The molecule has 2 heterocycles. The summed E-state index contributed by atoms with van der Waals surface area (Å²) in [4.78, 5) is 30.3. The van der Waals surface area contributed by atoms with Crippen LogP contribution in [-0.4, -0.2) is 26.1 Å². The molecule has 0 spiro atoms. The third kappa shape index (κ3) is 4.67. The number of nitrogens with zero attached hydrogens (tertiary/aromatic N) is 3. The van der Waals surface area contributed by atoms with Gasteiger partial charge in [0.25, 0.3) is 5.56 Å². The average Bonchev–Trinajstić information content (AvgIpc) is 3.06. The number of hydrogen-bond acceptors (Lipinski definition) is 4. The van der Waals surface area contributed by atoms with Gasteiger partial charge in [0.1, 0.15) is 18.6 Å². The smallest absolute Gasteiger partial charge is 0.263 e. The van der Waals surface area contributed by atoms with Crippen molar-refractivity contribution < 1.29 is 9.53 Å². The van der Waals surface area contributed by atoms with Crippen molar-refractivity contribution in [2.45, 2.75) is 46.9 Å². The van der Waals surface area contributed by atoms with Crippen molar-refractivity contribution in [3.8, 4) is 11.4 Å². The van der Waals surface area contributed by atoms with Gasteiger partial charge in [-0.15, -0.1) is 0 Å². The van der Waals surface area contributed by atoms with E-state index in [0.29, 0.717) is 17.6 Å². The maximum atomic E-state index is 13.2. The summed E-state index contributed by atoms with van der Waals surface area (Å²) in [5, 5.41) is 3.40. The molecule has 2 aromatic heterocycles. The Kier molecular flexibility index (Phi) is 6.31. The predicted molar refractivity (Wildman–Crippen MR) is 129 cm³/mol. The van der Waals surface area contributed by atoms with Gasteiger partial charge in [-0.05, 0) is 63.1 Å². The van der Waals surface area contributed by atoms with Crippen LogP contribution in [0.3, 0.4) is 0 Å². The van der Waals surface area contributed by atoms with Crippen LogP contribution in [0.2, 0.25) is 0 Å². The summed E-state index contributed by atoms with van der Waals surface area (Å²) >= 11 is 0. The topological polar surface area (TPSA) is 78.2 Å². The first-order valence-electron chi connectivity index (χ1n) is 11.0. The highest BCUT2D eigenvalue weighted by Crippen LogP contribution is 2.24. The van der Waals surface area contributed by atoms with Crippen LogP contribution < -0.4 is 15.6 Å². The maximum absolute atomic E-state index is 13.2. The number of ether oxygens (including phenoxy) is 1. The van der Waals surface area contributed by atoms with Gasteiger partial charge in [-0.1, -0.05) is 30.3 Å². The fourth-order valence-electron chi connectivity index (χ4n) is 3.86. The zero-order chi connectivity index (χ0) is 23.5. The van der Waals surface area contributed by atoms with E-state index >= 15 is 0 Å². The van der Waals surface area contributed by atoms with Gasteiger partial charge in [-0.2, -0.15) is 0 Å². The minimum Gasteiger partial charge on any atom is -0.491 e. The standard InChI is InChI=1S/C26H28N4O3/c1-17(2)33-22-12-10-20(11-13-22)14-27-23(31)15-29-16-28-25-24(26(29)32)18(3)19(4)30(25)21-8-6-5-7-9-21/h5-13,16-17H,14-15H2,1-4H3,(H,27,31). The zero-order valence-corrected chi connectivity index (χ0v) is 19.3. The van der Waals surface area contributed by atoms with Crippen molar-refractivity contribution in [3.05, 3.63) is 88.1 Å². The van der Waals surface area contributed by atoms with Crippen molar-refractivity contribution in [1.29, 1.82) is 0 Å². The van der Waals surface area contributed by atoms with E-state index in [1.54, 1.807) is 0 Å². The Balaban J connectivity index is 1.51. The lowest BCUT2D eigenvalue weighted by atomic mass is 10.2. The van der Waals surface area contributed by atoms with E-state index in [1.165, 1.54) is 10.9 Å². The molecule has 0 aliphatic heterocycles. The molecule has 0 saturated heterocycles. The minimum absolute atomic E-state index is 0.0919. The monoisotopic (exact) mass is 444 g/mol. The molecular formula is C26H28N4O3. The van der Waals surface area contributed by atoms with Gasteiger partial charge >= 0.3 is 0 Å². The number of nitrogens with one attached hydrogen (secondary N) is 1. The largest absolute Gasteiger partial charge is 0.491 e. The second kappa shape index (κ2) is 9.32.